The van der Waals surface area contributed by atoms with Crippen LogP contribution in [-0.4, -0.2) is 37.1 Å². The van der Waals surface area contributed by atoms with Gasteiger partial charge < -0.3 is 9.47 Å². The van der Waals surface area contributed by atoms with Crippen LogP contribution in [0, 0.1) is 0 Å². The highest BCUT2D eigenvalue weighted by molar-refractivity contribution is 5.94. The van der Waals surface area contributed by atoms with Gasteiger partial charge in [0.25, 0.3) is 5.91 Å². The van der Waals surface area contributed by atoms with Crippen molar-refractivity contribution in [1.29, 1.82) is 0 Å². The fourth-order valence-electron chi connectivity index (χ4n) is 2.53. The number of amides is 1. The molecule has 6 nitrogen and oxygen atoms in total. The van der Waals surface area contributed by atoms with Crippen molar-refractivity contribution in [2.45, 2.75) is 25.7 Å². The molecule has 0 saturated heterocycles. The first-order valence-electron chi connectivity index (χ1n) is 6.61. The van der Waals surface area contributed by atoms with Crippen molar-refractivity contribution in [2.24, 2.45) is 0 Å². The van der Waals surface area contributed by atoms with Crippen LogP contribution in [0.25, 0.3) is 0 Å². The molecule has 0 bridgehead atoms. The molecule has 116 valence electrons. The van der Waals surface area contributed by atoms with E-state index in [0.717, 1.165) is 4.57 Å². The fourth-order valence-corrected chi connectivity index (χ4v) is 2.53. The van der Waals surface area contributed by atoms with Crippen LogP contribution in [0.1, 0.15) is 35.0 Å². The van der Waals surface area contributed by atoms with Crippen LogP contribution in [0.4, 0.5) is 13.2 Å². The highest BCUT2D eigenvalue weighted by Gasteiger charge is 2.41. The Morgan fingerprint density at radius 2 is 1.91 bits per heavy atom. The molecular weight excluding hydrogens is 299 g/mol. The van der Waals surface area contributed by atoms with Gasteiger partial charge in [-0.05, 0) is 19.1 Å². The van der Waals surface area contributed by atoms with Gasteiger partial charge in [-0.2, -0.15) is 13.2 Å². The number of fused-ring (bicyclic) bond motifs is 1. The minimum Gasteiger partial charge on any atom is -0.327 e. The lowest BCUT2D eigenvalue weighted by atomic mass is 10.1. The van der Waals surface area contributed by atoms with Gasteiger partial charge in [0.2, 0.25) is 5.82 Å². The van der Waals surface area contributed by atoms with Crippen LogP contribution >= 0.6 is 0 Å². The number of carbonyl (C=O) groups excluding carboxylic acids is 1. The zero-order chi connectivity index (χ0) is 15.9. The number of carbonyl (C=O) groups is 1. The van der Waals surface area contributed by atoms with E-state index in [0.29, 0.717) is 5.56 Å². The third kappa shape index (κ3) is 2.32. The second kappa shape index (κ2) is 5.08. The Bertz CT molecular complexity index is 697. The topological polar surface area (TPSA) is 63.9 Å². The molecule has 1 atom stereocenters. The van der Waals surface area contributed by atoms with Crippen LogP contribution in [0.15, 0.2) is 24.5 Å². The number of rotatable bonds is 1. The first-order chi connectivity index (χ1) is 10.4. The minimum atomic E-state index is -4.55. The van der Waals surface area contributed by atoms with Gasteiger partial charge >= 0.3 is 6.18 Å². The van der Waals surface area contributed by atoms with Gasteiger partial charge in [-0.1, -0.05) is 0 Å². The van der Waals surface area contributed by atoms with Crippen LogP contribution < -0.4 is 0 Å². The molecule has 1 aliphatic heterocycles. The van der Waals surface area contributed by atoms with Crippen LogP contribution in [-0.2, 0) is 12.7 Å². The molecule has 0 saturated carbocycles. The van der Waals surface area contributed by atoms with Crippen molar-refractivity contribution in [3.63, 3.8) is 0 Å². The Labute approximate surface area is 123 Å². The number of hydrogen-bond donors (Lipinski definition) is 0. The third-order valence-electron chi connectivity index (χ3n) is 3.63. The van der Waals surface area contributed by atoms with Gasteiger partial charge in [-0.3, -0.25) is 9.78 Å². The maximum absolute atomic E-state index is 12.8. The van der Waals surface area contributed by atoms with Crippen molar-refractivity contribution < 1.29 is 18.0 Å². The zero-order valence-corrected chi connectivity index (χ0v) is 11.6. The Balaban J connectivity index is 1.91. The average molecular weight is 311 g/mol. The minimum absolute atomic E-state index is 0.0122. The van der Waals surface area contributed by atoms with E-state index in [1.807, 2.05) is 0 Å². The lowest BCUT2D eigenvalue weighted by Gasteiger charge is -2.33. The quantitative estimate of drug-likeness (QED) is 0.807. The standard InChI is InChI=1S/C13H12F3N5O/c1-8-10-18-19-12(13(14,15)16)21(10)7-6-20(8)11(22)9-2-4-17-5-3-9/h2-5,8H,6-7H2,1H3. The predicted molar refractivity (Wildman–Crippen MR) is 68.7 cm³/mol. The SMILES string of the molecule is CC1c2nnc(C(F)(F)F)n2CCN1C(=O)c1ccncc1. The second-order valence-corrected chi connectivity index (χ2v) is 4.94. The summed E-state index contributed by atoms with van der Waals surface area (Å²) in [6.45, 7) is 1.81. The van der Waals surface area contributed by atoms with Crippen LogP contribution in [0.3, 0.4) is 0 Å². The van der Waals surface area contributed by atoms with Crippen molar-refractivity contribution in [2.75, 3.05) is 6.54 Å². The van der Waals surface area contributed by atoms with E-state index < -0.39 is 18.0 Å². The van der Waals surface area contributed by atoms with Crippen LogP contribution in [0.2, 0.25) is 0 Å². The summed E-state index contributed by atoms with van der Waals surface area (Å²) in [5.41, 5.74) is 0.436. The highest BCUT2D eigenvalue weighted by atomic mass is 19.4. The smallest absolute Gasteiger partial charge is 0.327 e. The Kier molecular flexibility index (Phi) is 3.34. The van der Waals surface area contributed by atoms with Gasteiger partial charge in [0.15, 0.2) is 5.82 Å². The van der Waals surface area contributed by atoms with Crippen molar-refractivity contribution >= 4 is 5.91 Å². The zero-order valence-electron chi connectivity index (χ0n) is 11.6. The largest absolute Gasteiger partial charge is 0.451 e. The number of pyridine rings is 1. The maximum atomic E-state index is 12.8. The summed E-state index contributed by atoms with van der Waals surface area (Å²) < 4.78 is 39.6. The van der Waals surface area contributed by atoms with E-state index in [1.54, 1.807) is 19.1 Å². The molecule has 3 heterocycles. The van der Waals surface area contributed by atoms with Gasteiger partial charge in [0.1, 0.15) is 0 Å². The van der Waals surface area contributed by atoms with Crippen molar-refractivity contribution in [3.8, 4) is 0 Å². The van der Waals surface area contributed by atoms with E-state index in [9.17, 15) is 18.0 Å². The summed E-state index contributed by atoms with van der Waals surface area (Å²) in [4.78, 5) is 17.8. The van der Waals surface area contributed by atoms with Gasteiger partial charge in [0.05, 0.1) is 6.04 Å². The number of halogens is 3. The molecule has 22 heavy (non-hydrogen) atoms. The normalized spacial score (nSPS) is 18.2. The molecule has 0 spiro atoms. The lowest BCUT2D eigenvalue weighted by Crippen LogP contribution is -2.42. The van der Waals surface area contributed by atoms with Gasteiger partial charge in [-0.15, -0.1) is 10.2 Å². The van der Waals surface area contributed by atoms with Crippen molar-refractivity contribution in [1.82, 2.24) is 24.6 Å². The van der Waals surface area contributed by atoms with E-state index in [4.69, 9.17) is 0 Å². The van der Waals surface area contributed by atoms with E-state index in [1.165, 1.54) is 17.3 Å². The molecular formula is C13H12F3N5O. The molecule has 1 unspecified atom stereocenters. The van der Waals surface area contributed by atoms with E-state index in [-0.39, 0.29) is 24.8 Å². The highest BCUT2D eigenvalue weighted by Crippen LogP contribution is 2.33. The Hall–Kier alpha value is -2.45. The Morgan fingerprint density at radius 1 is 1.23 bits per heavy atom. The number of alkyl halides is 3. The first-order valence-corrected chi connectivity index (χ1v) is 6.61. The van der Waals surface area contributed by atoms with Gasteiger partial charge in [0, 0.05) is 31.0 Å². The molecule has 3 rings (SSSR count). The molecule has 0 aliphatic carbocycles. The summed E-state index contributed by atoms with van der Waals surface area (Å²) in [5.74, 6) is -1.15. The summed E-state index contributed by atoms with van der Waals surface area (Å²) in [6, 6.07) is 2.54. The molecule has 9 heteroatoms. The second-order valence-electron chi connectivity index (χ2n) is 4.94. The third-order valence-corrected chi connectivity index (χ3v) is 3.63. The van der Waals surface area contributed by atoms with Crippen molar-refractivity contribution in [3.05, 3.63) is 41.7 Å². The number of hydrogen-bond acceptors (Lipinski definition) is 4. The molecule has 2 aromatic rings. The van der Waals surface area contributed by atoms with E-state index in [2.05, 4.69) is 15.2 Å². The summed E-state index contributed by atoms with van der Waals surface area (Å²) in [7, 11) is 0. The molecule has 0 N–H and O–H groups in total. The monoisotopic (exact) mass is 311 g/mol. The summed E-state index contributed by atoms with van der Waals surface area (Å²) in [5, 5.41) is 6.84. The Morgan fingerprint density at radius 3 is 2.55 bits per heavy atom. The number of aromatic nitrogens is 4. The molecule has 1 amide bonds. The number of nitrogens with zero attached hydrogens (tertiary/aromatic N) is 5. The molecule has 1 aliphatic rings. The average Bonchev–Trinajstić information content (AvgIpc) is 2.93. The maximum Gasteiger partial charge on any atom is 0.451 e. The van der Waals surface area contributed by atoms with Crippen LogP contribution in [0.5, 0.6) is 0 Å². The molecule has 0 aromatic carbocycles. The fraction of sp³-hybridized carbons (Fsp3) is 0.385. The summed E-state index contributed by atoms with van der Waals surface area (Å²) in [6.07, 6.45) is -1.57. The van der Waals surface area contributed by atoms with Gasteiger partial charge in [-0.25, -0.2) is 0 Å². The molecule has 2 aromatic heterocycles. The molecule has 0 radical (unpaired) electrons. The van der Waals surface area contributed by atoms with E-state index >= 15 is 0 Å². The molecule has 0 fully saturated rings. The lowest BCUT2D eigenvalue weighted by molar-refractivity contribution is -0.148. The predicted octanol–water partition coefficient (Wildman–Crippen LogP) is 1.91. The first kappa shape index (κ1) is 14.5. The summed E-state index contributed by atoms with van der Waals surface area (Å²) >= 11 is 0.